The van der Waals surface area contributed by atoms with Gasteiger partial charge in [0, 0.05) is 97.5 Å². The number of carbonyl (C=O) groups is 3. The second-order valence-electron chi connectivity index (χ2n) is 30.7. The van der Waals surface area contributed by atoms with Gasteiger partial charge in [0.2, 0.25) is 0 Å². The average Bonchev–Trinajstić information content (AvgIpc) is 0.838. The topological polar surface area (TPSA) is 344 Å². The fraction of sp³-hybridized carbons (Fsp3) is 0.523. The number of halogens is 12. The lowest BCUT2D eigenvalue weighted by molar-refractivity contribution is -0.175. The Labute approximate surface area is 751 Å². The standard InChI is InChI=1S/C32H39F3N4O3.C25H33BrF3N5O3.C21H32F3N3O3.C6H7BO2.C4H2BrClN2/c33-32(34,35)22-42-19-18-39(16-7-6-11-27-14-13-25-10-4-5-12-29(25)38-27)17-15-26(31(40)41)20-30-28(21-36-23-37-30)24-8-2-1-3-9-24;26-20-15-30-17-31-23(20)33-22(24(35)36)10-12-34(13-14-37-16-25(27,28)29)11-4-3-6-19-9-8-18-5-1-2-7-21(18)32-19;22-21(23,24)15-30-14-13-27(12-10-18(25)20(28)29)11-4-3-6-17-9-8-16-5-1-2-7-19(16)26-17;8-7(9)6-4-2-1-3-5-6;5-3-1-7-2-8-4(3)6/h1-3,8-9,13-14,21,23,26H,4-7,10-12,15-20,22H2,(H,40,41);8-9,15,17,22H,1-7,10-14,16H2,(H,35,36)(H,30,31,33);8-9,18H,1-7,10-15,25H2,(H,28,29);1-5,8-9H;1-2H/t26-;22-;18-;;/m100../s1. The van der Waals surface area contributed by atoms with Gasteiger partial charge in [-0.3, -0.25) is 24.5 Å². The van der Waals surface area contributed by atoms with Crippen molar-refractivity contribution < 1.29 is 93.5 Å². The number of rotatable bonds is 45. The molecule has 0 spiro atoms. The van der Waals surface area contributed by atoms with Gasteiger partial charge >= 0.3 is 43.6 Å². The Bertz CT molecular complexity index is 4480. The number of aryl methyl sites for hydroxylation is 9. The number of unbranched alkanes of at least 4 members (excludes halogenated alkanes) is 3. The maximum atomic E-state index is 12.6. The van der Waals surface area contributed by atoms with Crippen LogP contribution in [0.1, 0.15) is 153 Å². The zero-order valence-electron chi connectivity index (χ0n) is 70.5. The Morgan fingerprint density at radius 2 is 0.881 bits per heavy atom. The van der Waals surface area contributed by atoms with Crippen LogP contribution in [0.25, 0.3) is 11.1 Å². The molecular weight excluding hydrogens is 1810 g/mol. The maximum Gasteiger partial charge on any atom is 0.488 e. The van der Waals surface area contributed by atoms with Crippen LogP contribution in [-0.2, 0) is 92.8 Å². The predicted octanol–water partition coefficient (Wildman–Crippen LogP) is 14.9. The third-order valence-electron chi connectivity index (χ3n) is 20.9. The number of nitrogens with two attached hydrogens (primary N) is 1. The minimum atomic E-state index is -4.38. The molecular formula is C88H113BBr2ClF9N14O11. The second-order valence-corrected chi connectivity index (χ2v) is 32.8. The zero-order valence-corrected chi connectivity index (χ0v) is 74.4. The molecule has 6 aromatic heterocycles. The number of carboxylic acid groups (broad SMARTS) is 3. The van der Waals surface area contributed by atoms with Crippen LogP contribution >= 0.6 is 43.5 Å². The molecule has 0 saturated carbocycles. The second kappa shape index (κ2) is 56.9. The number of aliphatic carboxylic acids is 3. The van der Waals surface area contributed by atoms with E-state index in [1.54, 1.807) is 36.7 Å². The molecule has 0 bridgehead atoms. The first-order chi connectivity index (χ1) is 60.3. The van der Waals surface area contributed by atoms with E-state index in [9.17, 15) is 64.1 Å². The molecule has 11 rings (SSSR count). The lowest BCUT2D eigenvalue weighted by Gasteiger charge is -2.25. The molecule has 8 aromatic rings. The van der Waals surface area contributed by atoms with E-state index in [4.69, 9.17) is 56.9 Å². The molecule has 2 aromatic carbocycles. The molecule has 126 heavy (non-hydrogen) atoms. The number of hydrogen-bond donors (Lipinski definition) is 7. The van der Waals surface area contributed by atoms with Crippen molar-refractivity contribution in [1.29, 1.82) is 0 Å². The van der Waals surface area contributed by atoms with E-state index >= 15 is 0 Å². The molecule has 6 heterocycles. The Morgan fingerprint density at radius 3 is 1.27 bits per heavy atom. The highest BCUT2D eigenvalue weighted by Gasteiger charge is 2.31. The SMILES string of the molecule is Clc1ncncc1Br.N[C@@H](CCN(CCCCc1ccc2c(n1)CCCC2)CCOCC(F)(F)F)C(=O)O.O=C(O)[C@H](CCN(CCCCc1ccc2c(n1)CCCC2)CCOCC(F)(F)F)Cc1ncncc1-c1ccccc1.O=C(O)[C@H](CCN(CCCCc1ccc2c(n1)CCCC2)CCOCC(F)(F)F)Nc1ncncc1Br.OB(O)c1ccccc1. The summed E-state index contributed by atoms with van der Waals surface area (Å²) >= 11 is 11.9. The van der Waals surface area contributed by atoms with Gasteiger partial charge in [-0.15, -0.1) is 0 Å². The van der Waals surface area contributed by atoms with E-state index in [1.807, 2.05) is 51.1 Å². The summed E-state index contributed by atoms with van der Waals surface area (Å²) in [6, 6.07) is 29.1. The molecule has 3 aliphatic rings. The van der Waals surface area contributed by atoms with Gasteiger partial charge in [-0.2, -0.15) is 39.5 Å². The summed E-state index contributed by atoms with van der Waals surface area (Å²) in [5.74, 6) is -3.40. The molecule has 8 N–H and O–H groups in total. The lowest BCUT2D eigenvalue weighted by atomic mass is 9.81. The highest BCUT2D eigenvalue weighted by molar-refractivity contribution is 9.11. The van der Waals surface area contributed by atoms with Crippen LogP contribution < -0.4 is 16.5 Å². The van der Waals surface area contributed by atoms with Crippen molar-refractivity contribution in [2.45, 2.75) is 191 Å². The fourth-order valence-electron chi connectivity index (χ4n) is 14.2. The number of anilines is 1. The van der Waals surface area contributed by atoms with Gasteiger partial charge in [0.15, 0.2) is 0 Å². The number of alkyl halides is 9. The minimum absolute atomic E-state index is 0.0613. The smallest absolute Gasteiger partial charge is 0.481 e. The number of fused-ring (bicyclic) bond motifs is 3. The molecule has 0 radical (unpaired) electrons. The van der Waals surface area contributed by atoms with Gasteiger partial charge in [0.1, 0.15) is 61.9 Å². The van der Waals surface area contributed by atoms with Gasteiger partial charge in [-0.05, 0) is 258 Å². The summed E-state index contributed by atoms with van der Waals surface area (Å²) in [5, 5.41) is 49.1. The molecule has 0 unspecified atom stereocenters. The fourth-order valence-corrected chi connectivity index (χ4v) is 14.8. The van der Waals surface area contributed by atoms with Crippen LogP contribution in [0.15, 0.2) is 144 Å². The first-order valence-corrected chi connectivity index (χ1v) is 44.4. The normalized spacial score (nSPS) is 13.8. The van der Waals surface area contributed by atoms with Crippen molar-refractivity contribution in [3.63, 3.8) is 0 Å². The van der Waals surface area contributed by atoms with Crippen LogP contribution in [0.5, 0.6) is 0 Å². The van der Waals surface area contributed by atoms with Gasteiger partial charge in [-0.25, -0.2) is 34.7 Å². The Morgan fingerprint density at radius 1 is 0.476 bits per heavy atom. The first-order valence-electron chi connectivity index (χ1n) is 42.4. The van der Waals surface area contributed by atoms with Gasteiger partial charge < -0.3 is 65.3 Å². The summed E-state index contributed by atoms with van der Waals surface area (Å²) < 4.78 is 127. The van der Waals surface area contributed by atoms with Gasteiger partial charge in [0.05, 0.1) is 40.4 Å². The van der Waals surface area contributed by atoms with Crippen molar-refractivity contribution in [3.8, 4) is 11.1 Å². The van der Waals surface area contributed by atoms with E-state index in [1.165, 1.54) is 97.5 Å². The molecule has 38 heteroatoms. The van der Waals surface area contributed by atoms with E-state index in [0.717, 1.165) is 129 Å². The highest BCUT2D eigenvalue weighted by Crippen LogP contribution is 2.28. The highest BCUT2D eigenvalue weighted by atomic mass is 79.9. The van der Waals surface area contributed by atoms with Crippen molar-refractivity contribution in [3.05, 3.63) is 205 Å². The molecule has 25 nitrogen and oxygen atoms in total. The number of benzene rings is 2. The summed E-state index contributed by atoms with van der Waals surface area (Å²) in [6.45, 7) is -0.126. The number of aromatic nitrogens is 9. The molecule has 3 atom stereocenters. The van der Waals surface area contributed by atoms with E-state index in [2.05, 4.69) is 108 Å². The van der Waals surface area contributed by atoms with Crippen molar-refractivity contribution in [1.82, 2.24) is 59.6 Å². The molecule has 0 fully saturated rings. The molecule has 0 aliphatic heterocycles. The third-order valence-corrected chi connectivity index (χ3v) is 22.6. The number of nitrogens with one attached hydrogen (secondary N) is 1. The number of hydrogen-bond acceptors (Lipinski definition) is 22. The van der Waals surface area contributed by atoms with E-state index in [0.29, 0.717) is 85.4 Å². The van der Waals surface area contributed by atoms with Crippen LogP contribution in [0.4, 0.5) is 45.3 Å². The van der Waals surface area contributed by atoms with Crippen molar-refractivity contribution in [2.24, 2.45) is 11.7 Å². The quantitative estimate of drug-likeness (QED) is 0.00807. The largest absolute Gasteiger partial charge is 0.488 e. The lowest BCUT2D eigenvalue weighted by Crippen LogP contribution is -2.37. The maximum absolute atomic E-state index is 12.6. The van der Waals surface area contributed by atoms with Crippen molar-refractivity contribution in [2.75, 3.05) is 104 Å². The summed E-state index contributed by atoms with van der Waals surface area (Å²) in [7, 11) is -1.34. The average molecular weight is 1920 g/mol. The van der Waals surface area contributed by atoms with Crippen LogP contribution in [0.3, 0.4) is 0 Å². The Balaban J connectivity index is 0.000000238. The third kappa shape index (κ3) is 42.7. The number of nitrogens with zero attached hydrogens (tertiary/aromatic N) is 12. The number of carboxylic acids is 3. The predicted molar refractivity (Wildman–Crippen MR) is 469 cm³/mol. The summed E-state index contributed by atoms with van der Waals surface area (Å²) in [6.07, 6.45) is 18.0. The molecule has 688 valence electrons. The van der Waals surface area contributed by atoms with Crippen LogP contribution in [0, 0.1) is 5.92 Å². The monoisotopic (exact) mass is 1920 g/mol. The Kier molecular flexibility index (Phi) is 47.3. The zero-order chi connectivity index (χ0) is 91.1. The summed E-state index contributed by atoms with van der Waals surface area (Å²) in [4.78, 5) is 79.1. The molecule has 0 saturated heterocycles. The van der Waals surface area contributed by atoms with E-state index < -0.39 is 81.4 Å². The Hall–Kier alpha value is -8.34. The molecule has 0 amide bonds. The first kappa shape index (κ1) is 105. The minimum Gasteiger partial charge on any atom is -0.481 e. The van der Waals surface area contributed by atoms with Gasteiger partial charge in [-0.1, -0.05) is 90.5 Å². The van der Waals surface area contributed by atoms with Crippen LogP contribution in [-0.4, -0.2) is 239 Å². The van der Waals surface area contributed by atoms with Gasteiger partial charge in [0.25, 0.3) is 0 Å². The van der Waals surface area contributed by atoms with Crippen molar-refractivity contribution >= 4 is 79.8 Å². The molecule has 3 aliphatic carbocycles. The van der Waals surface area contributed by atoms with Crippen LogP contribution in [0.2, 0.25) is 5.15 Å². The number of ether oxygens (including phenoxy) is 3. The van der Waals surface area contributed by atoms with E-state index in [-0.39, 0.29) is 45.6 Å². The summed E-state index contributed by atoms with van der Waals surface area (Å²) in [5.41, 5.74) is 19.3. The number of pyridine rings is 3.